The van der Waals surface area contributed by atoms with Crippen molar-refractivity contribution in [2.24, 2.45) is 0 Å². The Morgan fingerprint density at radius 1 is 1.13 bits per heavy atom. The molecule has 3 aromatic rings. The van der Waals surface area contributed by atoms with Crippen LogP contribution in [0.25, 0.3) is 16.7 Å². The summed E-state index contributed by atoms with van der Waals surface area (Å²) >= 11 is 5.05. The maximum atomic E-state index is 10.5. The molecule has 0 atom stereocenters. The van der Waals surface area contributed by atoms with Crippen LogP contribution in [0.3, 0.4) is 0 Å². The van der Waals surface area contributed by atoms with Gasteiger partial charge in [0.1, 0.15) is 41.4 Å². The lowest BCUT2D eigenvalue weighted by Gasteiger charge is -2.08. The zero-order chi connectivity index (χ0) is 16.2. The molecule has 2 aromatic carbocycles. The van der Waals surface area contributed by atoms with Crippen LogP contribution in [0, 0.1) is 0 Å². The van der Waals surface area contributed by atoms with Gasteiger partial charge in [0.05, 0.1) is 0 Å². The number of aromatic nitrogens is 3. The lowest BCUT2D eigenvalue weighted by atomic mass is 10.3. The number of nitrogens with zero attached hydrogens (tertiary/aromatic N) is 3. The Kier molecular flexibility index (Phi) is 4.29. The number of carbonyl (C=O) groups excluding carboxylic acids is 1. The standard InChI is InChI=1S/C15H12ClN3O4/c16-15(21)23-8-7-22-10-5-6-14(20)13(9-10)19-17-11-3-1-2-4-12(11)18-19/h1-6,9,20H,7-8H2. The first kappa shape index (κ1) is 15.1. The molecule has 0 aliphatic rings. The minimum Gasteiger partial charge on any atom is -0.506 e. The largest absolute Gasteiger partial charge is 0.506 e. The van der Waals surface area contributed by atoms with Crippen molar-refractivity contribution in [2.75, 3.05) is 13.2 Å². The number of aromatic hydroxyl groups is 1. The van der Waals surface area contributed by atoms with Crippen LogP contribution in [0.2, 0.25) is 0 Å². The van der Waals surface area contributed by atoms with Gasteiger partial charge in [-0.25, -0.2) is 4.79 Å². The number of carbonyl (C=O) groups is 1. The summed E-state index contributed by atoms with van der Waals surface area (Å²) in [4.78, 5) is 11.8. The van der Waals surface area contributed by atoms with E-state index in [1.165, 1.54) is 10.9 Å². The summed E-state index contributed by atoms with van der Waals surface area (Å²) in [6.45, 7) is 0.166. The Hall–Kier alpha value is -2.80. The SMILES string of the molecule is O=C(Cl)OCCOc1ccc(O)c(-n2nc3ccccc3n2)c1. The van der Waals surface area contributed by atoms with Crippen molar-refractivity contribution in [1.82, 2.24) is 15.0 Å². The third-order valence-electron chi connectivity index (χ3n) is 3.02. The number of phenols is 1. The van der Waals surface area contributed by atoms with Crippen LogP contribution in [0.15, 0.2) is 42.5 Å². The predicted octanol–water partition coefficient (Wildman–Crippen LogP) is 2.88. The van der Waals surface area contributed by atoms with E-state index in [2.05, 4.69) is 14.9 Å². The molecule has 0 aliphatic carbocycles. The molecule has 23 heavy (non-hydrogen) atoms. The highest BCUT2D eigenvalue weighted by Gasteiger charge is 2.10. The molecule has 1 N–H and O–H groups in total. The molecule has 118 valence electrons. The minimum atomic E-state index is -0.882. The predicted molar refractivity (Wildman–Crippen MR) is 83.2 cm³/mol. The fraction of sp³-hybridized carbons (Fsp3) is 0.133. The molecule has 3 rings (SSSR count). The van der Waals surface area contributed by atoms with E-state index in [1.807, 2.05) is 24.3 Å². The number of benzene rings is 2. The summed E-state index contributed by atoms with van der Waals surface area (Å²) in [5.74, 6) is 0.495. The Bertz CT molecular complexity index is 817. The lowest BCUT2D eigenvalue weighted by Crippen LogP contribution is -2.08. The summed E-state index contributed by atoms with van der Waals surface area (Å²) in [7, 11) is 0. The molecule has 0 fully saturated rings. The van der Waals surface area contributed by atoms with Gasteiger partial charge in [-0.1, -0.05) is 12.1 Å². The average Bonchev–Trinajstić information content (AvgIpc) is 2.96. The van der Waals surface area contributed by atoms with Gasteiger partial charge in [-0.2, -0.15) is 0 Å². The molecule has 0 amide bonds. The number of hydrogen-bond acceptors (Lipinski definition) is 6. The number of phenolic OH excluding ortho intramolecular Hbond substituents is 1. The van der Waals surface area contributed by atoms with Gasteiger partial charge >= 0.3 is 5.43 Å². The summed E-state index contributed by atoms with van der Waals surface area (Å²) in [6.07, 6.45) is 0. The first-order chi connectivity index (χ1) is 11.1. The second-order valence-electron chi connectivity index (χ2n) is 4.56. The average molecular weight is 334 g/mol. The third kappa shape index (κ3) is 3.51. The van der Waals surface area contributed by atoms with Gasteiger partial charge in [-0.3, -0.25) is 0 Å². The monoisotopic (exact) mass is 333 g/mol. The van der Waals surface area contributed by atoms with Crippen molar-refractivity contribution >= 4 is 28.1 Å². The molecule has 0 saturated heterocycles. The number of hydrogen-bond donors (Lipinski definition) is 1. The van der Waals surface area contributed by atoms with Gasteiger partial charge in [0.2, 0.25) is 0 Å². The third-order valence-corrected chi connectivity index (χ3v) is 3.13. The number of ether oxygens (including phenoxy) is 2. The van der Waals surface area contributed by atoms with Crippen molar-refractivity contribution in [3.05, 3.63) is 42.5 Å². The lowest BCUT2D eigenvalue weighted by molar-refractivity contribution is 0.147. The van der Waals surface area contributed by atoms with Gasteiger partial charge in [-0.05, 0) is 24.3 Å². The van der Waals surface area contributed by atoms with E-state index in [4.69, 9.17) is 16.3 Å². The minimum absolute atomic E-state index is 0.0184. The molecule has 0 radical (unpaired) electrons. The van der Waals surface area contributed by atoms with Crippen LogP contribution in [0.5, 0.6) is 11.5 Å². The van der Waals surface area contributed by atoms with Crippen LogP contribution >= 0.6 is 11.6 Å². The highest BCUT2D eigenvalue weighted by Crippen LogP contribution is 2.26. The Labute approximate surface area is 136 Å². The molecule has 0 spiro atoms. The van der Waals surface area contributed by atoms with E-state index < -0.39 is 5.43 Å². The number of halogens is 1. The van der Waals surface area contributed by atoms with E-state index in [-0.39, 0.29) is 19.0 Å². The van der Waals surface area contributed by atoms with Crippen molar-refractivity contribution < 1.29 is 19.4 Å². The van der Waals surface area contributed by atoms with Crippen LogP contribution in [-0.2, 0) is 4.74 Å². The maximum Gasteiger partial charge on any atom is 0.403 e. The van der Waals surface area contributed by atoms with Crippen LogP contribution < -0.4 is 4.74 Å². The highest BCUT2D eigenvalue weighted by atomic mass is 35.5. The fourth-order valence-corrected chi connectivity index (χ4v) is 2.08. The van der Waals surface area contributed by atoms with Gasteiger partial charge in [0.25, 0.3) is 0 Å². The highest BCUT2D eigenvalue weighted by molar-refractivity contribution is 6.61. The van der Waals surface area contributed by atoms with Gasteiger partial charge < -0.3 is 14.6 Å². The van der Waals surface area contributed by atoms with Crippen molar-refractivity contribution in [3.63, 3.8) is 0 Å². The Morgan fingerprint density at radius 3 is 2.48 bits per heavy atom. The first-order valence-electron chi connectivity index (χ1n) is 6.74. The fourth-order valence-electron chi connectivity index (χ4n) is 2.00. The summed E-state index contributed by atoms with van der Waals surface area (Å²) in [6, 6.07) is 12.0. The number of fused-ring (bicyclic) bond motifs is 1. The molecular formula is C15H12ClN3O4. The smallest absolute Gasteiger partial charge is 0.403 e. The molecule has 7 nitrogen and oxygen atoms in total. The molecule has 0 aliphatic heterocycles. The summed E-state index contributed by atoms with van der Waals surface area (Å²) < 4.78 is 10.00. The second-order valence-corrected chi connectivity index (χ2v) is 4.87. The van der Waals surface area contributed by atoms with Crippen molar-refractivity contribution in [3.8, 4) is 17.2 Å². The van der Waals surface area contributed by atoms with Crippen molar-refractivity contribution in [1.29, 1.82) is 0 Å². The van der Waals surface area contributed by atoms with Crippen LogP contribution in [0.4, 0.5) is 4.79 Å². The van der Waals surface area contributed by atoms with E-state index >= 15 is 0 Å². The van der Waals surface area contributed by atoms with E-state index in [1.54, 1.807) is 12.1 Å². The molecule has 8 heteroatoms. The molecule has 1 heterocycles. The Balaban J connectivity index is 1.81. The molecule has 0 saturated carbocycles. The maximum absolute atomic E-state index is 10.5. The zero-order valence-corrected chi connectivity index (χ0v) is 12.6. The molecule has 1 aromatic heterocycles. The van der Waals surface area contributed by atoms with Crippen LogP contribution in [-0.4, -0.2) is 38.7 Å². The zero-order valence-electron chi connectivity index (χ0n) is 11.8. The molecular weight excluding hydrogens is 322 g/mol. The second kappa shape index (κ2) is 6.53. The molecule has 0 unspecified atom stereocenters. The van der Waals surface area contributed by atoms with Crippen LogP contribution in [0.1, 0.15) is 0 Å². The van der Waals surface area contributed by atoms with Crippen molar-refractivity contribution in [2.45, 2.75) is 0 Å². The van der Waals surface area contributed by atoms with Gasteiger partial charge in [-0.15, -0.1) is 15.0 Å². The quantitative estimate of drug-likeness (QED) is 0.570. The summed E-state index contributed by atoms with van der Waals surface area (Å²) in [5, 5.41) is 18.6. The van der Waals surface area contributed by atoms with Gasteiger partial charge in [0, 0.05) is 17.7 Å². The van der Waals surface area contributed by atoms with E-state index in [9.17, 15) is 9.90 Å². The Morgan fingerprint density at radius 2 is 1.83 bits per heavy atom. The topological polar surface area (TPSA) is 86.5 Å². The summed E-state index contributed by atoms with van der Waals surface area (Å²) in [5.41, 5.74) is 0.931. The van der Waals surface area contributed by atoms with E-state index in [0.29, 0.717) is 22.5 Å². The number of rotatable bonds is 5. The van der Waals surface area contributed by atoms with E-state index in [0.717, 1.165) is 0 Å². The van der Waals surface area contributed by atoms with Gasteiger partial charge in [0.15, 0.2) is 0 Å². The normalized spacial score (nSPS) is 10.7. The first-order valence-corrected chi connectivity index (χ1v) is 7.12. The molecule has 0 bridgehead atoms.